The molecular weight excluding hydrogens is 465 g/mol. The number of aromatic nitrogens is 3. The maximum absolute atomic E-state index is 15.7. The molecule has 0 spiro atoms. The van der Waals surface area contributed by atoms with E-state index in [1.54, 1.807) is 6.07 Å². The minimum atomic E-state index is -0.294. The summed E-state index contributed by atoms with van der Waals surface area (Å²) >= 11 is 0. The molecule has 4 heterocycles. The summed E-state index contributed by atoms with van der Waals surface area (Å²) in [6.07, 6.45) is 3.87. The second-order valence-electron chi connectivity index (χ2n) is 10.5. The van der Waals surface area contributed by atoms with E-state index in [4.69, 9.17) is 14.2 Å². The summed E-state index contributed by atoms with van der Waals surface area (Å²) in [5.41, 5.74) is 7.16. The molecule has 0 bridgehead atoms. The lowest BCUT2D eigenvalue weighted by Gasteiger charge is -2.33. The number of aryl methyl sites for hydroxylation is 2. The van der Waals surface area contributed by atoms with Crippen molar-refractivity contribution in [2.24, 2.45) is 5.92 Å². The molecule has 5 nitrogen and oxygen atoms in total. The van der Waals surface area contributed by atoms with Crippen molar-refractivity contribution in [3.05, 3.63) is 83.1 Å². The Hall–Kier alpha value is -3.51. The molecule has 0 N–H and O–H groups in total. The van der Waals surface area contributed by atoms with Gasteiger partial charge in [-0.25, -0.2) is 4.39 Å². The average molecular weight is 498 g/mol. The zero-order valence-electron chi connectivity index (χ0n) is 21.8. The van der Waals surface area contributed by atoms with Crippen molar-refractivity contribution in [3.8, 4) is 11.1 Å². The highest BCUT2D eigenvalue weighted by atomic mass is 19.1. The number of hydrogen-bond acceptors (Lipinski definition) is 4. The van der Waals surface area contributed by atoms with E-state index in [0.717, 1.165) is 53.6 Å². The molecule has 3 aromatic heterocycles. The number of pyridine rings is 1. The highest BCUT2D eigenvalue weighted by Gasteiger charge is 2.31. The van der Waals surface area contributed by atoms with Gasteiger partial charge in [-0.15, -0.1) is 0 Å². The summed E-state index contributed by atoms with van der Waals surface area (Å²) < 4.78 is 29.3. The quantitative estimate of drug-likeness (QED) is 0.249. The zero-order valence-corrected chi connectivity index (χ0v) is 21.8. The molecule has 2 aromatic carbocycles. The second kappa shape index (κ2) is 9.42. The minimum absolute atomic E-state index is 0.0669. The van der Waals surface area contributed by atoms with Crippen molar-refractivity contribution < 1.29 is 13.7 Å². The van der Waals surface area contributed by atoms with Gasteiger partial charge in [-0.3, -0.25) is 4.98 Å². The second-order valence-corrected chi connectivity index (χ2v) is 10.5. The third kappa shape index (κ3) is 4.04. The number of halogens is 1. The Kier molecular flexibility index (Phi) is 6.07. The van der Waals surface area contributed by atoms with Crippen LogP contribution in [-0.2, 0) is 4.74 Å². The van der Waals surface area contributed by atoms with E-state index < -0.39 is 0 Å². The third-order valence-corrected chi connectivity index (χ3v) is 7.85. The molecule has 1 unspecified atom stereocenters. The minimum Gasteiger partial charge on any atom is -0.381 e. The van der Waals surface area contributed by atoms with Crippen LogP contribution < -0.4 is 0 Å². The summed E-state index contributed by atoms with van der Waals surface area (Å²) in [7, 11) is 0. The molecule has 6 heteroatoms. The molecule has 1 fully saturated rings. The first-order valence-corrected chi connectivity index (χ1v) is 13.1. The van der Waals surface area contributed by atoms with E-state index in [0.29, 0.717) is 28.9 Å². The molecule has 6 rings (SSSR count). The Morgan fingerprint density at radius 1 is 0.973 bits per heavy atom. The fourth-order valence-electron chi connectivity index (χ4n) is 5.93. The number of fused-ring (bicyclic) bond motifs is 3. The molecular formula is C31H32FN3O2. The lowest BCUT2D eigenvalue weighted by molar-refractivity contribution is 0.0553. The van der Waals surface area contributed by atoms with Crippen molar-refractivity contribution in [3.63, 3.8) is 0 Å². The maximum Gasteiger partial charge on any atom is 0.141 e. The van der Waals surface area contributed by atoms with Crippen molar-refractivity contribution in [2.75, 3.05) is 13.2 Å². The third-order valence-electron chi connectivity index (χ3n) is 7.85. The number of rotatable bonds is 5. The van der Waals surface area contributed by atoms with Crippen LogP contribution in [0.15, 0.2) is 59.3 Å². The molecule has 0 radical (unpaired) electrons. The fraction of sp³-hybridized carbons (Fsp3) is 0.355. The van der Waals surface area contributed by atoms with Crippen LogP contribution >= 0.6 is 0 Å². The first kappa shape index (κ1) is 23.9. The summed E-state index contributed by atoms with van der Waals surface area (Å²) in [4.78, 5) is 4.90. The molecule has 1 atom stereocenters. The van der Waals surface area contributed by atoms with Gasteiger partial charge >= 0.3 is 0 Å². The zero-order chi connectivity index (χ0) is 25.7. The SMILES string of the molecule is Cc1noc(C)c1-c1cc2c(cc1F)c1ncc(C(C)C)cc1n2C(c1ccccc1)C1CCOCC1. The van der Waals surface area contributed by atoms with Gasteiger partial charge in [0.2, 0.25) is 0 Å². The summed E-state index contributed by atoms with van der Waals surface area (Å²) in [5, 5.41) is 4.92. The number of nitrogens with zero attached hydrogens (tertiary/aromatic N) is 3. The van der Waals surface area contributed by atoms with Crippen LogP contribution in [0, 0.1) is 25.6 Å². The van der Waals surface area contributed by atoms with E-state index in [-0.39, 0.29) is 11.9 Å². The van der Waals surface area contributed by atoms with Crippen LogP contribution in [0.25, 0.3) is 33.1 Å². The molecule has 190 valence electrons. The first-order valence-electron chi connectivity index (χ1n) is 13.1. The molecule has 0 amide bonds. The van der Waals surface area contributed by atoms with Crippen LogP contribution in [-0.4, -0.2) is 27.9 Å². The Morgan fingerprint density at radius 3 is 2.41 bits per heavy atom. The smallest absolute Gasteiger partial charge is 0.141 e. The molecule has 0 saturated carbocycles. The normalized spacial score (nSPS) is 15.7. The van der Waals surface area contributed by atoms with E-state index in [1.165, 1.54) is 11.1 Å². The van der Waals surface area contributed by atoms with Gasteiger partial charge in [0, 0.05) is 30.4 Å². The van der Waals surface area contributed by atoms with Crippen molar-refractivity contribution in [1.82, 2.24) is 14.7 Å². The molecule has 0 aliphatic carbocycles. The maximum atomic E-state index is 15.7. The van der Waals surface area contributed by atoms with Gasteiger partial charge in [0.15, 0.2) is 0 Å². The van der Waals surface area contributed by atoms with Crippen LogP contribution in [0.5, 0.6) is 0 Å². The number of benzene rings is 2. The Bertz CT molecular complexity index is 1560. The lowest BCUT2D eigenvalue weighted by atomic mass is 9.86. The van der Waals surface area contributed by atoms with Gasteiger partial charge in [0.25, 0.3) is 0 Å². The highest BCUT2D eigenvalue weighted by Crippen LogP contribution is 2.43. The first-order chi connectivity index (χ1) is 17.9. The summed E-state index contributed by atoms with van der Waals surface area (Å²) in [5.74, 6) is 1.03. The lowest BCUT2D eigenvalue weighted by Crippen LogP contribution is -2.27. The standard InChI is InChI=1S/C31H32FN3O2/c1-18(2)23-14-28-30(33-17-23)25-15-26(32)24(29-19(3)34-37-20(29)4)16-27(25)35(28)31(21-8-6-5-7-9-21)22-10-12-36-13-11-22/h5-9,14-18,22,31H,10-13H2,1-4H3. The Morgan fingerprint density at radius 2 is 1.73 bits per heavy atom. The molecule has 5 aromatic rings. The Labute approximate surface area is 216 Å². The molecule has 1 saturated heterocycles. The van der Waals surface area contributed by atoms with Crippen molar-refractivity contribution in [2.45, 2.75) is 52.5 Å². The summed E-state index contributed by atoms with van der Waals surface area (Å²) in [6, 6.07) is 16.6. The van der Waals surface area contributed by atoms with Crippen LogP contribution in [0.1, 0.15) is 61.2 Å². The Balaban J connectivity index is 1.71. The topological polar surface area (TPSA) is 53.1 Å². The van der Waals surface area contributed by atoms with Gasteiger partial charge in [-0.2, -0.15) is 0 Å². The fourth-order valence-corrected chi connectivity index (χ4v) is 5.93. The van der Waals surface area contributed by atoms with Crippen molar-refractivity contribution in [1.29, 1.82) is 0 Å². The molecule has 1 aliphatic rings. The highest BCUT2D eigenvalue weighted by molar-refractivity contribution is 6.07. The van der Waals surface area contributed by atoms with Gasteiger partial charge in [-0.1, -0.05) is 49.3 Å². The number of hydrogen-bond donors (Lipinski definition) is 0. The van der Waals surface area contributed by atoms with Crippen LogP contribution in [0.2, 0.25) is 0 Å². The molecule has 37 heavy (non-hydrogen) atoms. The summed E-state index contributed by atoms with van der Waals surface area (Å²) in [6.45, 7) is 9.55. The largest absolute Gasteiger partial charge is 0.381 e. The van der Waals surface area contributed by atoms with E-state index in [9.17, 15) is 0 Å². The predicted octanol–water partition coefficient (Wildman–Crippen LogP) is 7.74. The van der Waals surface area contributed by atoms with Crippen LogP contribution in [0.4, 0.5) is 4.39 Å². The van der Waals surface area contributed by atoms with Gasteiger partial charge in [0.1, 0.15) is 11.6 Å². The van der Waals surface area contributed by atoms with E-state index >= 15 is 4.39 Å². The predicted molar refractivity (Wildman–Crippen MR) is 144 cm³/mol. The van der Waals surface area contributed by atoms with Gasteiger partial charge < -0.3 is 13.8 Å². The average Bonchev–Trinajstić information content (AvgIpc) is 3.40. The number of ether oxygens (including phenoxy) is 1. The van der Waals surface area contributed by atoms with Crippen LogP contribution in [0.3, 0.4) is 0 Å². The van der Waals surface area contributed by atoms with E-state index in [1.807, 2.05) is 26.1 Å². The monoisotopic (exact) mass is 497 g/mol. The van der Waals surface area contributed by atoms with E-state index in [2.05, 4.69) is 60.0 Å². The van der Waals surface area contributed by atoms with Crippen molar-refractivity contribution >= 4 is 21.9 Å². The van der Waals surface area contributed by atoms with Gasteiger partial charge in [0.05, 0.1) is 33.8 Å². The molecule has 1 aliphatic heterocycles. The van der Waals surface area contributed by atoms with Gasteiger partial charge in [-0.05, 0) is 67.9 Å².